The largest absolute Gasteiger partial charge is 0.464 e. The van der Waals surface area contributed by atoms with Crippen LogP contribution in [0, 0.1) is 18.3 Å². The molecule has 1 fully saturated rings. The molecule has 1 aromatic heterocycles. The fourth-order valence-electron chi connectivity index (χ4n) is 2.35. The first-order chi connectivity index (χ1) is 9.17. The topological polar surface area (TPSA) is 66.2 Å². The van der Waals surface area contributed by atoms with Crippen LogP contribution in [0.25, 0.3) is 0 Å². The zero-order valence-corrected chi connectivity index (χ0v) is 11.2. The predicted octanol–water partition coefficient (Wildman–Crippen LogP) is 1.79. The maximum atomic E-state index is 11.9. The van der Waals surface area contributed by atoms with E-state index in [9.17, 15) is 4.79 Å². The fraction of sp³-hybridized carbons (Fsp3) is 0.500. The lowest BCUT2D eigenvalue weighted by Gasteiger charge is -2.25. The quantitative estimate of drug-likeness (QED) is 0.774. The Morgan fingerprint density at radius 1 is 1.63 bits per heavy atom. The summed E-state index contributed by atoms with van der Waals surface area (Å²) in [6.07, 6.45) is 1.66. The zero-order chi connectivity index (χ0) is 13.8. The van der Waals surface area contributed by atoms with Gasteiger partial charge in [-0.15, -0.1) is 0 Å². The summed E-state index contributed by atoms with van der Waals surface area (Å²) in [5, 5.41) is 9.17. The van der Waals surface area contributed by atoms with Crippen molar-refractivity contribution in [1.82, 2.24) is 4.98 Å². The van der Waals surface area contributed by atoms with E-state index in [1.165, 1.54) is 0 Å². The van der Waals surface area contributed by atoms with Crippen LogP contribution in [-0.2, 0) is 9.53 Å². The fourth-order valence-corrected chi connectivity index (χ4v) is 2.35. The van der Waals surface area contributed by atoms with Gasteiger partial charge in [0.2, 0.25) is 0 Å². The third-order valence-electron chi connectivity index (χ3n) is 3.22. The minimum atomic E-state index is -0.318. The van der Waals surface area contributed by atoms with Gasteiger partial charge in [0.1, 0.15) is 17.9 Å². The molecular formula is C14H17N3O2. The molecule has 5 heteroatoms. The molecule has 1 unspecified atom stereocenters. The molecular weight excluding hydrogens is 242 g/mol. The molecule has 2 heterocycles. The number of nitriles is 1. The maximum Gasteiger partial charge on any atom is 0.328 e. The lowest BCUT2D eigenvalue weighted by Crippen LogP contribution is -2.38. The van der Waals surface area contributed by atoms with Crippen molar-refractivity contribution in [3.8, 4) is 6.07 Å². The minimum absolute atomic E-state index is 0.229. The van der Waals surface area contributed by atoms with Gasteiger partial charge in [-0.25, -0.2) is 9.78 Å². The van der Waals surface area contributed by atoms with E-state index in [2.05, 4.69) is 11.1 Å². The molecule has 5 nitrogen and oxygen atoms in total. The zero-order valence-electron chi connectivity index (χ0n) is 11.2. The Kier molecular flexibility index (Phi) is 4.00. The second-order valence-corrected chi connectivity index (χ2v) is 4.54. The molecule has 1 aliphatic heterocycles. The number of rotatable bonds is 3. The second kappa shape index (κ2) is 5.70. The third kappa shape index (κ3) is 2.68. The number of pyridine rings is 1. The van der Waals surface area contributed by atoms with Crippen molar-refractivity contribution in [3.05, 3.63) is 23.4 Å². The Labute approximate surface area is 112 Å². The van der Waals surface area contributed by atoms with Gasteiger partial charge in [0.15, 0.2) is 0 Å². The van der Waals surface area contributed by atoms with Crippen molar-refractivity contribution >= 4 is 11.8 Å². The number of hydrogen-bond acceptors (Lipinski definition) is 5. The first kappa shape index (κ1) is 13.3. The third-order valence-corrected chi connectivity index (χ3v) is 3.22. The Hall–Kier alpha value is -2.09. The highest BCUT2D eigenvalue weighted by molar-refractivity contribution is 5.81. The van der Waals surface area contributed by atoms with Crippen LogP contribution in [0.2, 0.25) is 0 Å². The molecule has 1 atom stereocenters. The Morgan fingerprint density at radius 3 is 3.11 bits per heavy atom. The van der Waals surface area contributed by atoms with Crippen LogP contribution in [0.15, 0.2) is 12.1 Å². The number of carbonyl (C=O) groups is 1. The molecule has 1 saturated heterocycles. The van der Waals surface area contributed by atoms with E-state index in [4.69, 9.17) is 10.00 Å². The van der Waals surface area contributed by atoms with E-state index in [0.29, 0.717) is 18.0 Å². The minimum Gasteiger partial charge on any atom is -0.464 e. The van der Waals surface area contributed by atoms with Crippen LogP contribution >= 0.6 is 0 Å². The number of aromatic nitrogens is 1. The van der Waals surface area contributed by atoms with Gasteiger partial charge in [-0.05, 0) is 38.8 Å². The summed E-state index contributed by atoms with van der Waals surface area (Å²) in [5.74, 6) is 0.366. The molecule has 0 N–H and O–H groups in total. The first-order valence-corrected chi connectivity index (χ1v) is 6.48. The molecule has 100 valence electrons. The summed E-state index contributed by atoms with van der Waals surface area (Å²) < 4.78 is 5.09. The highest BCUT2D eigenvalue weighted by atomic mass is 16.5. The highest BCUT2D eigenvalue weighted by Gasteiger charge is 2.34. The normalized spacial score (nSPS) is 18.2. The molecule has 0 spiro atoms. The summed E-state index contributed by atoms with van der Waals surface area (Å²) in [6, 6.07) is 5.37. The lowest BCUT2D eigenvalue weighted by atomic mass is 10.2. The summed E-state index contributed by atoms with van der Waals surface area (Å²) in [7, 11) is 0. The van der Waals surface area contributed by atoms with Crippen LogP contribution in [-0.4, -0.2) is 30.1 Å². The van der Waals surface area contributed by atoms with Crippen LogP contribution in [0.1, 0.15) is 31.0 Å². The lowest BCUT2D eigenvalue weighted by molar-refractivity contribution is -0.144. The monoisotopic (exact) mass is 259 g/mol. The molecule has 1 aliphatic rings. The molecule has 0 aromatic carbocycles. The molecule has 0 amide bonds. The van der Waals surface area contributed by atoms with Gasteiger partial charge >= 0.3 is 5.97 Å². The predicted molar refractivity (Wildman–Crippen MR) is 70.7 cm³/mol. The Morgan fingerprint density at radius 2 is 2.42 bits per heavy atom. The molecule has 2 rings (SSSR count). The van der Waals surface area contributed by atoms with Gasteiger partial charge < -0.3 is 9.64 Å². The van der Waals surface area contributed by atoms with E-state index < -0.39 is 0 Å². The van der Waals surface area contributed by atoms with Crippen molar-refractivity contribution < 1.29 is 9.53 Å². The van der Waals surface area contributed by atoms with Crippen LogP contribution in [0.5, 0.6) is 0 Å². The van der Waals surface area contributed by atoms with E-state index in [1.807, 2.05) is 11.8 Å². The van der Waals surface area contributed by atoms with Gasteiger partial charge in [-0.1, -0.05) is 0 Å². The summed E-state index contributed by atoms with van der Waals surface area (Å²) >= 11 is 0. The van der Waals surface area contributed by atoms with Crippen molar-refractivity contribution in [3.63, 3.8) is 0 Å². The number of anilines is 1. The Bertz CT molecular complexity index is 522. The molecule has 0 radical (unpaired) electrons. The van der Waals surface area contributed by atoms with Gasteiger partial charge in [0.05, 0.1) is 12.2 Å². The number of esters is 1. The number of hydrogen-bond donors (Lipinski definition) is 0. The average Bonchev–Trinajstić information content (AvgIpc) is 2.88. The van der Waals surface area contributed by atoms with E-state index >= 15 is 0 Å². The standard InChI is InChI=1S/C14H17N3O2/c1-3-19-14(18)12-5-4-8-17(12)13-11(9-15)7-6-10(2)16-13/h6-7,12H,3-5,8H2,1-2H3. The van der Waals surface area contributed by atoms with Crippen molar-refractivity contribution in [1.29, 1.82) is 5.26 Å². The van der Waals surface area contributed by atoms with Crippen LogP contribution in [0.4, 0.5) is 5.82 Å². The molecule has 19 heavy (non-hydrogen) atoms. The van der Waals surface area contributed by atoms with Crippen molar-refractivity contribution in [2.75, 3.05) is 18.1 Å². The van der Waals surface area contributed by atoms with Gasteiger partial charge in [0, 0.05) is 12.2 Å². The SMILES string of the molecule is CCOC(=O)C1CCCN1c1nc(C)ccc1C#N. The second-order valence-electron chi connectivity index (χ2n) is 4.54. The molecule has 0 saturated carbocycles. The van der Waals surface area contributed by atoms with Crippen molar-refractivity contribution in [2.24, 2.45) is 0 Å². The average molecular weight is 259 g/mol. The maximum absolute atomic E-state index is 11.9. The first-order valence-electron chi connectivity index (χ1n) is 6.48. The number of carbonyl (C=O) groups excluding carboxylic acids is 1. The van der Waals surface area contributed by atoms with Crippen LogP contribution < -0.4 is 4.90 Å². The number of aryl methyl sites for hydroxylation is 1. The molecule has 0 bridgehead atoms. The van der Waals surface area contributed by atoms with Gasteiger partial charge in [-0.2, -0.15) is 5.26 Å². The van der Waals surface area contributed by atoms with E-state index in [1.54, 1.807) is 19.1 Å². The van der Waals surface area contributed by atoms with E-state index in [-0.39, 0.29) is 12.0 Å². The molecule has 0 aliphatic carbocycles. The van der Waals surface area contributed by atoms with Crippen LogP contribution in [0.3, 0.4) is 0 Å². The highest BCUT2D eigenvalue weighted by Crippen LogP contribution is 2.27. The van der Waals surface area contributed by atoms with Crippen molar-refractivity contribution in [2.45, 2.75) is 32.7 Å². The van der Waals surface area contributed by atoms with Gasteiger partial charge in [-0.3, -0.25) is 0 Å². The summed E-state index contributed by atoms with van der Waals surface area (Å²) in [5.41, 5.74) is 1.34. The summed E-state index contributed by atoms with van der Waals surface area (Å²) in [4.78, 5) is 18.2. The molecule has 1 aromatic rings. The smallest absolute Gasteiger partial charge is 0.328 e. The number of ether oxygens (including phenoxy) is 1. The van der Waals surface area contributed by atoms with Gasteiger partial charge in [0.25, 0.3) is 0 Å². The van der Waals surface area contributed by atoms with E-state index in [0.717, 1.165) is 25.1 Å². The Balaban J connectivity index is 2.32. The summed E-state index contributed by atoms with van der Waals surface area (Å²) in [6.45, 7) is 4.77. The number of nitrogens with zero attached hydrogens (tertiary/aromatic N) is 3.